The quantitative estimate of drug-likeness (QED) is 0.720. The Bertz CT molecular complexity index is 579. The van der Waals surface area contributed by atoms with Crippen molar-refractivity contribution in [3.05, 3.63) is 29.6 Å². The van der Waals surface area contributed by atoms with E-state index in [1.165, 1.54) is 18.4 Å². The van der Waals surface area contributed by atoms with Crippen molar-refractivity contribution < 1.29 is 4.79 Å². The first kappa shape index (κ1) is 9.58. The van der Waals surface area contributed by atoms with Gasteiger partial charge in [0.15, 0.2) is 11.6 Å². The average Bonchev–Trinajstić information content (AvgIpc) is 2.99. The van der Waals surface area contributed by atoms with Crippen LogP contribution in [0.1, 0.15) is 42.0 Å². The van der Waals surface area contributed by atoms with Crippen LogP contribution in [-0.2, 0) is 0 Å². The monoisotopic (exact) mass is 214 g/mol. The van der Waals surface area contributed by atoms with Gasteiger partial charge in [0.25, 0.3) is 0 Å². The number of fused-ring (bicyclic) bond motifs is 1. The Kier molecular flexibility index (Phi) is 1.90. The number of carbonyl (C=O) groups is 1. The molecule has 0 bridgehead atoms. The van der Waals surface area contributed by atoms with Crippen LogP contribution in [0.25, 0.3) is 11.0 Å². The summed E-state index contributed by atoms with van der Waals surface area (Å²) in [5.74, 6) is 0.670. The molecule has 82 valence electrons. The molecule has 1 aliphatic rings. The van der Waals surface area contributed by atoms with E-state index in [0.717, 1.165) is 11.0 Å². The maximum atomic E-state index is 11.6. The molecule has 1 fully saturated rings. The number of ketones is 1. The van der Waals surface area contributed by atoms with E-state index in [1.54, 1.807) is 6.92 Å². The van der Waals surface area contributed by atoms with Gasteiger partial charge in [-0.2, -0.15) is 0 Å². The van der Waals surface area contributed by atoms with E-state index in [4.69, 9.17) is 0 Å². The van der Waals surface area contributed by atoms with E-state index in [2.05, 4.69) is 22.5 Å². The summed E-state index contributed by atoms with van der Waals surface area (Å²) < 4.78 is 2.12. The van der Waals surface area contributed by atoms with E-state index in [-0.39, 0.29) is 5.78 Å². The standard InChI is InChI=1S/C13H14N2O/c1-8-3-6-11-12(7-8)15(10-4-5-10)13(14-11)9(2)16/h3,6-7,10H,4-5H2,1-2H3. The zero-order chi connectivity index (χ0) is 11.3. The lowest BCUT2D eigenvalue weighted by molar-refractivity contribution is 0.1000. The van der Waals surface area contributed by atoms with E-state index >= 15 is 0 Å². The molecule has 16 heavy (non-hydrogen) atoms. The molecule has 2 aromatic rings. The van der Waals surface area contributed by atoms with Crippen LogP contribution in [-0.4, -0.2) is 15.3 Å². The number of imidazole rings is 1. The molecule has 0 amide bonds. The Labute approximate surface area is 94.1 Å². The Hall–Kier alpha value is -1.64. The molecule has 1 aromatic carbocycles. The summed E-state index contributed by atoms with van der Waals surface area (Å²) in [5, 5.41) is 0. The molecule has 0 saturated heterocycles. The SMILES string of the molecule is CC(=O)c1nc2ccc(C)cc2n1C1CC1. The predicted octanol–water partition coefficient (Wildman–Crippen LogP) is 2.88. The van der Waals surface area contributed by atoms with E-state index in [9.17, 15) is 4.79 Å². The van der Waals surface area contributed by atoms with Crippen molar-refractivity contribution in [2.24, 2.45) is 0 Å². The predicted molar refractivity (Wildman–Crippen MR) is 62.7 cm³/mol. The second kappa shape index (κ2) is 3.17. The van der Waals surface area contributed by atoms with Gasteiger partial charge < -0.3 is 4.57 Å². The van der Waals surface area contributed by atoms with Crippen LogP contribution in [0.15, 0.2) is 18.2 Å². The normalized spacial score (nSPS) is 15.6. The largest absolute Gasteiger partial charge is 0.318 e. The molecule has 3 heteroatoms. The van der Waals surface area contributed by atoms with Crippen LogP contribution in [0.2, 0.25) is 0 Å². The molecule has 1 saturated carbocycles. The first-order chi connectivity index (χ1) is 7.66. The molecule has 0 unspecified atom stereocenters. The number of carbonyl (C=O) groups excluding carboxylic acids is 1. The zero-order valence-corrected chi connectivity index (χ0v) is 9.53. The Morgan fingerprint density at radius 1 is 1.44 bits per heavy atom. The third-order valence-corrected chi connectivity index (χ3v) is 3.07. The van der Waals surface area contributed by atoms with Gasteiger partial charge in [-0.25, -0.2) is 4.98 Å². The molecule has 0 atom stereocenters. The minimum atomic E-state index is 0.0563. The Morgan fingerprint density at radius 3 is 2.81 bits per heavy atom. The maximum Gasteiger partial charge on any atom is 0.195 e. The Balaban J connectivity index is 2.33. The van der Waals surface area contributed by atoms with Crippen molar-refractivity contribution in [2.45, 2.75) is 32.7 Å². The summed E-state index contributed by atoms with van der Waals surface area (Å²) in [6.07, 6.45) is 2.33. The summed E-state index contributed by atoms with van der Waals surface area (Å²) in [6.45, 7) is 3.66. The van der Waals surface area contributed by atoms with Gasteiger partial charge in [-0.05, 0) is 37.5 Å². The number of aromatic nitrogens is 2. The fourth-order valence-corrected chi connectivity index (χ4v) is 2.15. The number of hydrogen-bond donors (Lipinski definition) is 0. The molecular weight excluding hydrogens is 200 g/mol. The molecule has 1 aliphatic carbocycles. The molecule has 3 nitrogen and oxygen atoms in total. The molecule has 0 N–H and O–H groups in total. The van der Waals surface area contributed by atoms with Gasteiger partial charge in [-0.1, -0.05) is 6.07 Å². The number of Topliss-reactive ketones (excluding diaryl/α,β-unsaturated/α-hetero) is 1. The van der Waals surface area contributed by atoms with E-state index < -0.39 is 0 Å². The van der Waals surface area contributed by atoms with Crippen LogP contribution in [0.4, 0.5) is 0 Å². The number of nitrogens with zero attached hydrogens (tertiary/aromatic N) is 2. The van der Waals surface area contributed by atoms with Crippen molar-refractivity contribution in [1.82, 2.24) is 9.55 Å². The first-order valence-corrected chi connectivity index (χ1v) is 5.66. The first-order valence-electron chi connectivity index (χ1n) is 5.66. The summed E-state index contributed by atoms with van der Waals surface area (Å²) in [4.78, 5) is 16.0. The lowest BCUT2D eigenvalue weighted by Gasteiger charge is -2.04. The van der Waals surface area contributed by atoms with Crippen molar-refractivity contribution in [3.8, 4) is 0 Å². The van der Waals surface area contributed by atoms with Gasteiger partial charge in [0, 0.05) is 13.0 Å². The fourth-order valence-electron chi connectivity index (χ4n) is 2.15. The van der Waals surface area contributed by atoms with Crippen LogP contribution < -0.4 is 0 Å². The number of hydrogen-bond acceptors (Lipinski definition) is 2. The topological polar surface area (TPSA) is 34.9 Å². The molecule has 1 aromatic heterocycles. The number of benzene rings is 1. The molecule has 3 rings (SSSR count). The van der Waals surface area contributed by atoms with Crippen LogP contribution >= 0.6 is 0 Å². The van der Waals surface area contributed by atoms with Crippen molar-refractivity contribution in [2.75, 3.05) is 0 Å². The van der Waals surface area contributed by atoms with Crippen molar-refractivity contribution in [1.29, 1.82) is 0 Å². The maximum absolute atomic E-state index is 11.6. The lowest BCUT2D eigenvalue weighted by atomic mass is 10.2. The Morgan fingerprint density at radius 2 is 2.19 bits per heavy atom. The highest BCUT2D eigenvalue weighted by Gasteiger charge is 2.29. The summed E-state index contributed by atoms with van der Waals surface area (Å²) in [6, 6.07) is 6.64. The van der Waals surface area contributed by atoms with Crippen molar-refractivity contribution in [3.63, 3.8) is 0 Å². The molecule has 1 heterocycles. The van der Waals surface area contributed by atoms with Gasteiger partial charge in [0.2, 0.25) is 0 Å². The molecule has 0 radical (unpaired) electrons. The smallest absolute Gasteiger partial charge is 0.195 e. The van der Waals surface area contributed by atoms with E-state index in [0.29, 0.717) is 11.9 Å². The zero-order valence-electron chi connectivity index (χ0n) is 9.53. The number of aryl methyl sites for hydroxylation is 1. The minimum Gasteiger partial charge on any atom is -0.318 e. The number of rotatable bonds is 2. The molecule has 0 spiro atoms. The summed E-state index contributed by atoms with van der Waals surface area (Å²) >= 11 is 0. The molecule has 0 aliphatic heterocycles. The second-order valence-electron chi connectivity index (χ2n) is 4.58. The van der Waals surface area contributed by atoms with Crippen LogP contribution in [0.5, 0.6) is 0 Å². The highest BCUT2D eigenvalue weighted by molar-refractivity contribution is 5.95. The second-order valence-corrected chi connectivity index (χ2v) is 4.58. The van der Waals surface area contributed by atoms with Gasteiger partial charge >= 0.3 is 0 Å². The third-order valence-electron chi connectivity index (χ3n) is 3.07. The van der Waals surface area contributed by atoms with Crippen molar-refractivity contribution >= 4 is 16.8 Å². The van der Waals surface area contributed by atoms with E-state index in [1.807, 2.05) is 12.1 Å². The highest BCUT2D eigenvalue weighted by Crippen LogP contribution is 2.38. The minimum absolute atomic E-state index is 0.0563. The fraction of sp³-hybridized carbons (Fsp3) is 0.385. The van der Waals surface area contributed by atoms with Gasteiger partial charge in [0.1, 0.15) is 0 Å². The van der Waals surface area contributed by atoms with Gasteiger partial charge in [-0.15, -0.1) is 0 Å². The van der Waals surface area contributed by atoms with Gasteiger partial charge in [-0.3, -0.25) is 4.79 Å². The van der Waals surface area contributed by atoms with Gasteiger partial charge in [0.05, 0.1) is 11.0 Å². The van der Waals surface area contributed by atoms with Crippen LogP contribution in [0, 0.1) is 6.92 Å². The lowest BCUT2D eigenvalue weighted by Crippen LogP contribution is -2.05. The highest BCUT2D eigenvalue weighted by atomic mass is 16.1. The third kappa shape index (κ3) is 1.35. The van der Waals surface area contributed by atoms with Crippen LogP contribution in [0.3, 0.4) is 0 Å². The summed E-state index contributed by atoms with van der Waals surface area (Å²) in [7, 11) is 0. The summed E-state index contributed by atoms with van der Waals surface area (Å²) in [5.41, 5.74) is 3.25. The average molecular weight is 214 g/mol. The molecular formula is C13H14N2O.